The fourth-order valence-corrected chi connectivity index (χ4v) is 2.27. The average Bonchev–Trinajstić information content (AvgIpc) is 2.61. The van der Waals surface area contributed by atoms with Gasteiger partial charge in [0.25, 0.3) is 0 Å². The fraction of sp³-hybridized carbons (Fsp3) is 0.182. The second-order valence-electron chi connectivity index (χ2n) is 3.23. The SMILES string of the molecule is Cc1ccsc1CNc1cccc(Cl)n1. The van der Waals surface area contributed by atoms with Crippen molar-refractivity contribution in [1.82, 2.24) is 4.98 Å². The first kappa shape index (κ1) is 10.5. The van der Waals surface area contributed by atoms with Crippen LogP contribution in [0.2, 0.25) is 5.15 Å². The van der Waals surface area contributed by atoms with E-state index in [1.807, 2.05) is 12.1 Å². The Kier molecular flexibility index (Phi) is 3.23. The highest BCUT2D eigenvalue weighted by Gasteiger charge is 2.00. The summed E-state index contributed by atoms with van der Waals surface area (Å²) in [6.45, 7) is 2.91. The van der Waals surface area contributed by atoms with Gasteiger partial charge in [-0.25, -0.2) is 4.98 Å². The summed E-state index contributed by atoms with van der Waals surface area (Å²) < 4.78 is 0. The van der Waals surface area contributed by atoms with Gasteiger partial charge in [0.1, 0.15) is 11.0 Å². The van der Waals surface area contributed by atoms with E-state index in [1.54, 1.807) is 17.4 Å². The minimum absolute atomic E-state index is 0.517. The molecule has 2 nitrogen and oxygen atoms in total. The smallest absolute Gasteiger partial charge is 0.131 e. The number of anilines is 1. The third kappa shape index (κ3) is 2.70. The molecular formula is C11H11ClN2S. The maximum atomic E-state index is 5.79. The van der Waals surface area contributed by atoms with Crippen LogP contribution in [0.5, 0.6) is 0 Å². The molecule has 0 fully saturated rings. The summed E-state index contributed by atoms with van der Waals surface area (Å²) in [6, 6.07) is 7.68. The molecule has 0 unspecified atom stereocenters. The number of aromatic nitrogens is 1. The Labute approximate surface area is 97.9 Å². The zero-order valence-electron chi connectivity index (χ0n) is 8.33. The monoisotopic (exact) mass is 238 g/mol. The van der Waals surface area contributed by atoms with Crippen molar-refractivity contribution in [2.75, 3.05) is 5.32 Å². The summed E-state index contributed by atoms with van der Waals surface area (Å²) in [6.07, 6.45) is 0. The van der Waals surface area contributed by atoms with Crippen molar-refractivity contribution in [2.24, 2.45) is 0 Å². The molecule has 0 aliphatic carbocycles. The molecule has 0 atom stereocenters. The highest BCUT2D eigenvalue weighted by molar-refractivity contribution is 7.10. The van der Waals surface area contributed by atoms with Crippen LogP contribution in [-0.4, -0.2) is 4.98 Å². The molecule has 0 spiro atoms. The van der Waals surface area contributed by atoms with Gasteiger partial charge in [-0.3, -0.25) is 0 Å². The lowest BCUT2D eigenvalue weighted by molar-refractivity contribution is 1.13. The van der Waals surface area contributed by atoms with E-state index in [-0.39, 0.29) is 0 Å². The number of pyridine rings is 1. The molecule has 2 aromatic rings. The third-order valence-corrected chi connectivity index (χ3v) is 3.35. The van der Waals surface area contributed by atoms with E-state index < -0.39 is 0 Å². The molecule has 4 heteroatoms. The predicted octanol–water partition coefficient (Wildman–Crippen LogP) is 3.72. The van der Waals surface area contributed by atoms with Gasteiger partial charge in [-0.2, -0.15) is 0 Å². The molecule has 0 saturated carbocycles. The van der Waals surface area contributed by atoms with E-state index in [0.717, 1.165) is 12.4 Å². The summed E-state index contributed by atoms with van der Waals surface area (Å²) in [5, 5.41) is 5.86. The van der Waals surface area contributed by atoms with Crippen LogP contribution in [0.4, 0.5) is 5.82 Å². The lowest BCUT2D eigenvalue weighted by Gasteiger charge is -2.04. The lowest BCUT2D eigenvalue weighted by Crippen LogP contribution is -2.00. The molecule has 0 radical (unpaired) electrons. The van der Waals surface area contributed by atoms with Crippen molar-refractivity contribution in [3.05, 3.63) is 45.2 Å². The maximum Gasteiger partial charge on any atom is 0.131 e. The van der Waals surface area contributed by atoms with Crippen molar-refractivity contribution in [2.45, 2.75) is 13.5 Å². The van der Waals surface area contributed by atoms with E-state index in [0.29, 0.717) is 5.15 Å². The van der Waals surface area contributed by atoms with Crippen LogP contribution in [-0.2, 0) is 6.54 Å². The van der Waals surface area contributed by atoms with Gasteiger partial charge in [-0.05, 0) is 36.1 Å². The Morgan fingerprint density at radius 1 is 1.40 bits per heavy atom. The highest BCUT2D eigenvalue weighted by atomic mass is 35.5. The minimum atomic E-state index is 0.517. The minimum Gasteiger partial charge on any atom is -0.365 e. The average molecular weight is 239 g/mol. The molecule has 0 saturated heterocycles. The van der Waals surface area contributed by atoms with Crippen molar-refractivity contribution in [1.29, 1.82) is 0 Å². The molecule has 1 N–H and O–H groups in total. The number of nitrogens with zero attached hydrogens (tertiary/aromatic N) is 1. The number of thiophene rings is 1. The topological polar surface area (TPSA) is 24.9 Å². The predicted molar refractivity (Wildman–Crippen MR) is 65.6 cm³/mol. The number of hydrogen-bond acceptors (Lipinski definition) is 3. The van der Waals surface area contributed by atoms with Crippen LogP contribution in [0.1, 0.15) is 10.4 Å². The Morgan fingerprint density at radius 2 is 2.27 bits per heavy atom. The van der Waals surface area contributed by atoms with Crippen LogP contribution < -0.4 is 5.32 Å². The molecule has 78 valence electrons. The Hall–Kier alpha value is -1.06. The summed E-state index contributed by atoms with van der Waals surface area (Å²) in [5.74, 6) is 0.815. The normalized spacial score (nSPS) is 10.3. The second-order valence-corrected chi connectivity index (χ2v) is 4.61. The van der Waals surface area contributed by atoms with E-state index in [9.17, 15) is 0 Å². The second kappa shape index (κ2) is 4.64. The zero-order chi connectivity index (χ0) is 10.7. The largest absolute Gasteiger partial charge is 0.365 e. The molecule has 2 aromatic heterocycles. The van der Waals surface area contributed by atoms with E-state index in [4.69, 9.17) is 11.6 Å². The van der Waals surface area contributed by atoms with Gasteiger partial charge in [0.2, 0.25) is 0 Å². The fourth-order valence-electron chi connectivity index (χ4n) is 1.26. The number of halogens is 1. The summed E-state index contributed by atoms with van der Waals surface area (Å²) in [7, 11) is 0. The maximum absolute atomic E-state index is 5.79. The third-order valence-electron chi connectivity index (χ3n) is 2.11. The van der Waals surface area contributed by atoms with Crippen LogP contribution in [0.15, 0.2) is 29.6 Å². The van der Waals surface area contributed by atoms with Crippen molar-refractivity contribution in [3.8, 4) is 0 Å². The van der Waals surface area contributed by atoms with Gasteiger partial charge in [0, 0.05) is 4.88 Å². The van der Waals surface area contributed by atoms with Gasteiger partial charge in [0.05, 0.1) is 6.54 Å². The van der Waals surface area contributed by atoms with Gasteiger partial charge in [-0.15, -0.1) is 11.3 Å². The van der Waals surface area contributed by atoms with Crippen LogP contribution in [0.25, 0.3) is 0 Å². The summed E-state index contributed by atoms with van der Waals surface area (Å²) in [4.78, 5) is 5.49. The van der Waals surface area contributed by atoms with E-state index >= 15 is 0 Å². The van der Waals surface area contributed by atoms with Crippen LogP contribution >= 0.6 is 22.9 Å². The Morgan fingerprint density at radius 3 is 2.93 bits per heavy atom. The molecule has 15 heavy (non-hydrogen) atoms. The first-order valence-electron chi connectivity index (χ1n) is 4.65. The number of nitrogens with one attached hydrogen (secondary N) is 1. The molecule has 2 rings (SSSR count). The van der Waals surface area contributed by atoms with Gasteiger partial charge >= 0.3 is 0 Å². The highest BCUT2D eigenvalue weighted by Crippen LogP contribution is 2.17. The molecular weight excluding hydrogens is 228 g/mol. The first-order chi connectivity index (χ1) is 7.25. The van der Waals surface area contributed by atoms with Crippen molar-refractivity contribution >= 4 is 28.8 Å². The lowest BCUT2D eigenvalue weighted by atomic mass is 10.3. The zero-order valence-corrected chi connectivity index (χ0v) is 9.90. The number of rotatable bonds is 3. The summed E-state index contributed by atoms with van der Waals surface area (Å²) in [5.41, 5.74) is 1.31. The van der Waals surface area contributed by atoms with E-state index in [1.165, 1.54) is 10.4 Å². The summed E-state index contributed by atoms with van der Waals surface area (Å²) >= 11 is 7.54. The Balaban J connectivity index is 2.02. The van der Waals surface area contributed by atoms with Gasteiger partial charge < -0.3 is 5.32 Å². The van der Waals surface area contributed by atoms with Gasteiger partial charge in [0.15, 0.2) is 0 Å². The first-order valence-corrected chi connectivity index (χ1v) is 5.91. The molecule has 0 bridgehead atoms. The molecule has 2 heterocycles. The van der Waals surface area contributed by atoms with Crippen LogP contribution in [0.3, 0.4) is 0 Å². The van der Waals surface area contributed by atoms with E-state index in [2.05, 4.69) is 28.7 Å². The molecule has 0 aliphatic heterocycles. The molecule has 0 aliphatic rings. The van der Waals surface area contributed by atoms with Crippen LogP contribution in [0, 0.1) is 6.92 Å². The standard InChI is InChI=1S/C11H11ClN2S/c1-8-5-6-15-9(8)7-13-11-4-2-3-10(12)14-11/h2-6H,7H2,1H3,(H,13,14). The molecule has 0 amide bonds. The quantitative estimate of drug-likeness (QED) is 0.825. The van der Waals surface area contributed by atoms with Crippen molar-refractivity contribution in [3.63, 3.8) is 0 Å². The van der Waals surface area contributed by atoms with Crippen molar-refractivity contribution < 1.29 is 0 Å². The number of hydrogen-bond donors (Lipinski definition) is 1. The Bertz CT molecular complexity index is 453. The number of aryl methyl sites for hydroxylation is 1. The van der Waals surface area contributed by atoms with Gasteiger partial charge in [-0.1, -0.05) is 17.7 Å². The molecule has 0 aromatic carbocycles.